The average Bonchev–Trinajstić information content (AvgIpc) is 2.64. The van der Waals surface area contributed by atoms with Gasteiger partial charge in [0, 0.05) is 42.1 Å². The first-order chi connectivity index (χ1) is 12.4. The van der Waals surface area contributed by atoms with Crippen molar-refractivity contribution in [1.82, 2.24) is 9.80 Å². The third-order valence-corrected chi connectivity index (χ3v) is 6.24. The van der Waals surface area contributed by atoms with Crippen molar-refractivity contribution < 1.29 is 9.59 Å². The van der Waals surface area contributed by atoms with Gasteiger partial charge in [0.05, 0.1) is 6.42 Å². The molecule has 0 atom stereocenters. The lowest BCUT2D eigenvalue weighted by Crippen LogP contribution is -2.46. The Morgan fingerprint density at radius 1 is 1.00 bits per heavy atom. The van der Waals surface area contributed by atoms with Crippen LogP contribution in [-0.2, 0) is 16.0 Å². The van der Waals surface area contributed by atoms with Crippen LogP contribution in [0.5, 0.6) is 0 Å². The molecule has 6 heteroatoms. The number of hydrogen-bond acceptors (Lipinski definition) is 2. The van der Waals surface area contributed by atoms with Crippen LogP contribution >= 0.6 is 23.2 Å². The van der Waals surface area contributed by atoms with E-state index in [1.807, 2.05) is 9.80 Å². The summed E-state index contributed by atoms with van der Waals surface area (Å²) < 4.78 is 0. The normalized spacial score (nSPS) is 19.7. The maximum absolute atomic E-state index is 12.7. The summed E-state index contributed by atoms with van der Waals surface area (Å²) in [7, 11) is 0. The van der Waals surface area contributed by atoms with Crippen LogP contribution in [0.4, 0.5) is 0 Å². The lowest BCUT2D eigenvalue weighted by molar-refractivity contribution is -0.141. The molecular weight excluding hydrogens is 371 g/mol. The van der Waals surface area contributed by atoms with E-state index < -0.39 is 0 Å². The highest BCUT2D eigenvalue weighted by Crippen LogP contribution is 2.25. The highest BCUT2D eigenvalue weighted by Gasteiger charge is 2.31. The first-order valence-corrected chi connectivity index (χ1v) is 10.2. The standard InChI is InChI=1S/C20H26Cl2N2O2/c1-14-4-8-24(9-5-14)20(26)15-6-10-23(11-7-15)19(25)12-16-2-3-17(21)13-18(16)22/h2-3,13-15H,4-12H2,1H3. The largest absolute Gasteiger partial charge is 0.342 e. The van der Waals surface area contributed by atoms with E-state index in [4.69, 9.17) is 23.2 Å². The van der Waals surface area contributed by atoms with Gasteiger partial charge in [-0.25, -0.2) is 0 Å². The molecule has 2 amide bonds. The predicted molar refractivity (Wildman–Crippen MR) is 104 cm³/mol. The molecule has 0 aromatic heterocycles. The Balaban J connectivity index is 1.50. The number of rotatable bonds is 3. The van der Waals surface area contributed by atoms with E-state index in [1.54, 1.807) is 18.2 Å². The summed E-state index contributed by atoms with van der Waals surface area (Å²) >= 11 is 12.1. The summed E-state index contributed by atoms with van der Waals surface area (Å²) in [6, 6.07) is 5.22. The number of halogens is 2. The van der Waals surface area contributed by atoms with Crippen LogP contribution in [0.15, 0.2) is 18.2 Å². The Morgan fingerprint density at radius 3 is 2.23 bits per heavy atom. The average molecular weight is 397 g/mol. The van der Waals surface area contributed by atoms with Crippen molar-refractivity contribution in [3.05, 3.63) is 33.8 Å². The van der Waals surface area contributed by atoms with Crippen molar-refractivity contribution in [3.8, 4) is 0 Å². The Labute approximate surface area is 165 Å². The second kappa shape index (κ2) is 8.62. The quantitative estimate of drug-likeness (QED) is 0.773. The molecule has 0 aliphatic carbocycles. The van der Waals surface area contributed by atoms with Crippen molar-refractivity contribution >= 4 is 35.0 Å². The lowest BCUT2D eigenvalue weighted by Gasteiger charge is -2.36. The molecule has 2 aliphatic rings. The van der Waals surface area contributed by atoms with Gasteiger partial charge in [-0.3, -0.25) is 9.59 Å². The Bertz CT molecular complexity index is 664. The molecule has 2 heterocycles. The minimum atomic E-state index is 0.0616. The maximum Gasteiger partial charge on any atom is 0.227 e. The summed E-state index contributed by atoms with van der Waals surface area (Å²) in [5, 5.41) is 1.09. The fourth-order valence-electron chi connectivity index (χ4n) is 3.80. The van der Waals surface area contributed by atoms with Gasteiger partial charge < -0.3 is 9.80 Å². The van der Waals surface area contributed by atoms with Gasteiger partial charge in [0.1, 0.15) is 0 Å². The SMILES string of the molecule is CC1CCN(C(=O)C2CCN(C(=O)Cc3ccc(Cl)cc3Cl)CC2)CC1. The predicted octanol–water partition coefficient (Wildman–Crippen LogP) is 4.03. The van der Waals surface area contributed by atoms with Gasteiger partial charge in [0.25, 0.3) is 0 Å². The molecule has 0 unspecified atom stereocenters. The zero-order valence-electron chi connectivity index (χ0n) is 15.2. The molecule has 1 aromatic rings. The molecule has 142 valence electrons. The molecule has 2 fully saturated rings. The zero-order valence-corrected chi connectivity index (χ0v) is 16.7. The van der Waals surface area contributed by atoms with E-state index in [0.717, 1.165) is 50.3 Å². The second-order valence-corrected chi connectivity index (χ2v) is 8.42. The van der Waals surface area contributed by atoms with Crippen LogP contribution in [0.1, 0.15) is 38.2 Å². The Hall–Kier alpha value is -1.26. The fourth-order valence-corrected chi connectivity index (χ4v) is 4.28. The van der Waals surface area contributed by atoms with Gasteiger partial charge in [0.15, 0.2) is 0 Å². The van der Waals surface area contributed by atoms with E-state index in [1.165, 1.54) is 0 Å². The third-order valence-electron chi connectivity index (χ3n) is 5.65. The van der Waals surface area contributed by atoms with Gasteiger partial charge in [-0.2, -0.15) is 0 Å². The molecular formula is C20H26Cl2N2O2. The smallest absolute Gasteiger partial charge is 0.227 e. The summed E-state index contributed by atoms with van der Waals surface area (Å²) in [6.45, 7) is 5.30. The van der Waals surface area contributed by atoms with Crippen molar-refractivity contribution in [2.45, 2.75) is 39.0 Å². The van der Waals surface area contributed by atoms with E-state index >= 15 is 0 Å². The van der Waals surface area contributed by atoms with Crippen molar-refractivity contribution in [3.63, 3.8) is 0 Å². The summed E-state index contributed by atoms with van der Waals surface area (Å²) in [5.41, 5.74) is 0.793. The first-order valence-electron chi connectivity index (χ1n) is 9.44. The van der Waals surface area contributed by atoms with Gasteiger partial charge in [-0.05, 0) is 49.3 Å². The number of hydrogen-bond donors (Lipinski definition) is 0. The Morgan fingerprint density at radius 2 is 1.62 bits per heavy atom. The molecule has 3 rings (SSSR count). The van der Waals surface area contributed by atoms with E-state index in [-0.39, 0.29) is 24.2 Å². The minimum absolute atomic E-state index is 0.0616. The maximum atomic E-state index is 12.7. The molecule has 0 radical (unpaired) electrons. The van der Waals surface area contributed by atoms with E-state index in [0.29, 0.717) is 23.1 Å². The van der Waals surface area contributed by atoms with Crippen LogP contribution in [0.25, 0.3) is 0 Å². The number of carbonyl (C=O) groups is 2. The van der Waals surface area contributed by atoms with Gasteiger partial charge in [-0.1, -0.05) is 36.2 Å². The zero-order chi connectivity index (χ0) is 18.7. The first kappa shape index (κ1) is 19.5. The number of nitrogens with zero attached hydrogens (tertiary/aromatic N) is 2. The van der Waals surface area contributed by atoms with Crippen molar-refractivity contribution in [2.24, 2.45) is 11.8 Å². The summed E-state index contributed by atoms with van der Waals surface area (Å²) in [6.07, 6.45) is 3.99. The highest BCUT2D eigenvalue weighted by molar-refractivity contribution is 6.35. The number of carbonyl (C=O) groups excluding carboxylic acids is 2. The molecule has 1 aromatic carbocycles. The minimum Gasteiger partial charge on any atom is -0.342 e. The molecule has 0 spiro atoms. The van der Waals surface area contributed by atoms with Crippen molar-refractivity contribution in [1.29, 1.82) is 0 Å². The Kier molecular flexibility index (Phi) is 6.46. The molecule has 2 saturated heterocycles. The second-order valence-electron chi connectivity index (χ2n) is 7.58. The third kappa shape index (κ3) is 4.72. The molecule has 26 heavy (non-hydrogen) atoms. The van der Waals surface area contributed by atoms with Gasteiger partial charge >= 0.3 is 0 Å². The molecule has 0 saturated carbocycles. The lowest BCUT2D eigenvalue weighted by atomic mass is 9.92. The van der Waals surface area contributed by atoms with Crippen LogP contribution < -0.4 is 0 Å². The summed E-state index contributed by atoms with van der Waals surface area (Å²) in [5.74, 6) is 1.13. The number of amides is 2. The van der Waals surface area contributed by atoms with Crippen LogP contribution in [0, 0.1) is 11.8 Å². The number of piperidine rings is 2. The topological polar surface area (TPSA) is 40.6 Å². The van der Waals surface area contributed by atoms with Gasteiger partial charge in [-0.15, -0.1) is 0 Å². The fraction of sp³-hybridized carbons (Fsp3) is 0.600. The molecule has 0 N–H and O–H groups in total. The monoisotopic (exact) mass is 396 g/mol. The van der Waals surface area contributed by atoms with Crippen LogP contribution in [0.3, 0.4) is 0 Å². The summed E-state index contributed by atoms with van der Waals surface area (Å²) in [4.78, 5) is 29.1. The van der Waals surface area contributed by atoms with Crippen LogP contribution in [-0.4, -0.2) is 47.8 Å². The number of likely N-dealkylation sites (tertiary alicyclic amines) is 2. The highest BCUT2D eigenvalue weighted by atomic mass is 35.5. The number of benzene rings is 1. The molecule has 2 aliphatic heterocycles. The molecule has 4 nitrogen and oxygen atoms in total. The van der Waals surface area contributed by atoms with E-state index in [2.05, 4.69) is 6.92 Å². The van der Waals surface area contributed by atoms with Gasteiger partial charge in [0.2, 0.25) is 11.8 Å². The van der Waals surface area contributed by atoms with Crippen molar-refractivity contribution in [2.75, 3.05) is 26.2 Å². The van der Waals surface area contributed by atoms with E-state index in [9.17, 15) is 9.59 Å². The molecule has 0 bridgehead atoms. The van der Waals surface area contributed by atoms with Crippen LogP contribution in [0.2, 0.25) is 10.0 Å².